The van der Waals surface area contributed by atoms with Gasteiger partial charge in [0.15, 0.2) is 0 Å². The van der Waals surface area contributed by atoms with E-state index in [1.54, 1.807) is 11.9 Å². The SMILES string of the molecule is CCc1ccc(N(C)C(=O)/N=C2/CCCN2C)cc1C. The molecule has 0 saturated carbocycles. The number of amides is 2. The molecule has 0 N–H and O–H groups in total. The summed E-state index contributed by atoms with van der Waals surface area (Å²) < 4.78 is 0. The van der Waals surface area contributed by atoms with Gasteiger partial charge in [0.1, 0.15) is 5.84 Å². The molecule has 1 fully saturated rings. The number of amidine groups is 1. The molecule has 1 aromatic rings. The van der Waals surface area contributed by atoms with E-state index < -0.39 is 0 Å². The number of rotatable bonds is 2. The predicted octanol–water partition coefficient (Wildman–Crippen LogP) is 3.24. The smallest absolute Gasteiger partial charge is 0.349 e. The molecule has 0 aromatic heterocycles. The van der Waals surface area contributed by atoms with Gasteiger partial charge in [0.2, 0.25) is 0 Å². The zero-order valence-electron chi connectivity index (χ0n) is 12.8. The lowest BCUT2D eigenvalue weighted by atomic mass is 10.1. The summed E-state index contributed by atoms with van der Waals surface area (Å²) in [6, 6.07) is 5.93. The number of anilines is 1. The first-order valence-corrected chi connectivity index (χ1v) is 7.19. The highest BCUT2D eigenvalue weighted by molar-refractivity contribution is 6.01. The summed E-state index contributed by atoms with van der Waals surface area (Å²) in [4.78, 5) is 20.1. The van der Waals surface area contributed by atoms with Crippen molar-refractivity contribution in [3.05, 3.63) is 29.3 Å². The van der Waals surface area contributed by atoms with Gasteiger partial charge in [-0.2, -0.15) is 4.99 Å². The van der Waals surface area contributed by atoms with Crippen LogP contribution in [0.1, 0.15) is 30.9 Å². The van der Waals surface area contributed by atoms with E-state index in [1.807, 2.05) is 13.1 Å². The predicted molar refractivity (Wildman–Crippen MR) is 83.7 cm³/mol. The Hall–Kier alpha value is -1.84. The van der Waals surface area contributed by atoms with Crippen molar-refractivity contribution >= 4 is 17.6 Å². The number of likely N-dealkylation sites (tertiary alicyclic amines) is 1. The van der Waals surface area contributed by atoms with Crippen molar-refractivity contribution in [1.82, 2.24) is 4.90 Å². The van der Waals surface area contributed by atoms with Gasteiger partial charge in [0.25, 0.3) is 0 Å². The molecule has 1 saturated heterocycles. The highest BCUT2D eigenvalue weighted by Gasteiger charge is 2.18. The molecule has 2 amide bonds. The third kappa shape index (κ3) is 3.00. The molecule has 0 aliphatic carbocycles. The van der Waals surface area contributed by atoms with Gasteiger partial charge in [-0.05, 0) is 43.0 Å². The molecule has 0 radical (unpaired) electrons. The Morgan fingerprint density at radius 1 is 1.45 bits per heavy atom. The molecule has 2 rings (SSSR count). The first-order valence-electron chi connectivity index (χ1n) is 7.19. The van der Waals surface area contributed by atoms with E-state index in [0.29, 0.717) is 0 Å². The third-order valence-corrected chi connectivity index (χ3v) is 3.94. The molecule has 0 spiro atoms. The Morgan fingerprint density at radius 3 is 2.75 bits per heavy atom. The number of aliphatic imine (C=N–C) groups is 1. The van der Waals surface area contributed by atoms with Gasteiger partial charge in [0, 0.05) is 32.7 Å². The fourth-order valence-electron chi connectivity index (χ4n) is 2.52. The van der Waals surface area contributed by atoms with Crippen LogP contribution in [0.2, 0.25) is 0 Å². The van der Waals surface area contributed by atoms with Crippen LogP contribution in [0, 0.1) is 6.92 Å². The van der Waals surface area contributed by atoms with Crippen LogP contribution >= 0.6 is 0 Å². The van der Waals surface area contributed by atoms with Gasteiger partial charge in [0.05, 0.1) is 0 Å². The van der Waals surface area contributed by atoms with E-state index in [9.17, 15) is 4.79 Å². The average Bonchev–Trinajstić information content (AvgIpc) is 2.83. The van der Waals surface area contributed by atoms with Crippen molar-refractivity contribution in [3.8, 4) is 0 Å². The first-order chi connectivity index (χ1) is 9.52. The van der Waals surface area contributed by atoms with Crippen LogP contribution in [0.25, 0.3) is 0 Å². The first kappa shape index (κ1) is 14.6. The van der Waals surface area contributed by atoms with Crippen molar-refractivity contribution in [3.63, 3.8) is 0 Å². The second-order valence-electron chi connectivity index (χ2n) is 5.36. The molecule has 1 aliphatic rings. The molecule has 1 aliphatic heterocycles. The summed E-state index contributed by atoms with van der Waals surface area (Å²) in [5, 5.41) is 0. The quantitative estimate of drug-likeness (QED) is 0.829. The second kappa shape index (κ2) is 6.07. The summed E-state index contributed by atoms with van der Waals surface area (Å²) in [7, 11) is 3.76. The summed E-state index contributed by atoms with van der Waals surface area (Å²) in [6.07, 6.45) is 2.98. The third-order valence-electron chi connectivity index (χ3n) is 3.94. The van der Waals surface area contributed by atoms with Crippen LogP contribution in [0.15, 0.2) is 23.2 Å². The highest BCUT2D eigenvalue weighted by atomic mass is 16.2. The Labute approximate surface area is 121 Å². The van der Waals surface area contributed by atoms with Gasteiger partial charge in [-0.1, -0.05) is 13.0 Å². The summed E-state index contributed by atoms with van der Waals surface area (Å²) in [5.74, 6) is 0.892. The van der Waals surface area contributed by atoms with Crippen molar-refractivity contribution in [2.24, 2.45) is 4.99 Å². The number of hydrogen-bond donors (Lipinski definition) is 0. The van der Waals surface area contributed by atoms with Gasteiger partial charge in [-0.3, -0.25) is 4.90 Å². The molecule has 1 aromatic carbocycles. The van der Waals surface area contributed by atoms with E-state index in [2.05, 4.69) is 35.9 Å². The number of carbonyl (C=O) groups excluding carboxylic acids is 1. The maximum absolute atomic E-state index is 12.2. The Bertz CT molecular complexity index is 537. The molecule has 20 heavy (non-hydrogen) atoms. The average molecular weight is 273 g/mol. The normalized spacial score (nSPS) is 16.8. The lowest BCUT2D eigenvalue weighted by Crippen LogP contribution is -2.27. The number of nitrogens with zero attached hydrogens (tertiary/aromatic N) is 3. The monoisotopic (exact) mass is 273 g/mol. The minimum atomic E-state index is -0.197. The van der Waals surface area contributed by atoms with Gasteiger partial charge in [-0.15, -0.1) is 0 Å². The maximum atomic E-state index is 12.2. The summed E-state index contributed by atoms with van der Waals surface area (Å²) in [6.45, 7) is 5.20. The Morgan fingerprint density at radius 2 is 2.20 bits per heavy atom. The van der Waals surface area contributed by atoms with Crippen molar-refractivity contribution in [2.45, 2.75) is 33.1 Å². The van der Waals surface area contributed by atoms with Crippen molar-refractivity contribution < 1.29 is 4.79 Å². The Kier molecular flexibility index (Phi) is 4.42. The van der Waals surface area contributed by atoms with E-state index in [4.69, 9.17) is 0 Å². The molecule has 0 bridgehead atoms. The highest BCUT2D eigenvalue weighted by Crippen LogP contribution is 2.20. The van der Waals surface area contributed by atoms with Crippen LogP contribution < -0.4 is 4.90 Å². The summed E-state index contributed by atoms with van der Waals surface area (Å²) >= 11 is 0. The van der Waals surface area contributed by atoms with E-state index >= 15 is 0 Å². The number of aryl methyl sites for hydroxylation is 2. The summed E-state index contributed by atoms with van der Waals surface area (Å²) in [5.41, 5.74) is 3.43. The maximum Gasteiger partial charge on any atom is 0.349 e. The number of benzene rings is 1. The molecule has 4 nitrogen and oxygen atoms in total. The van der Waals surface area contributed by atoms with E-state index in [0.717, 1.165) is 37.3 Å². The van der Waals surface area contributed by atoms with Crippen LogP contribution in [0.3, 0.4) is 0 Å². The fourth-order valence-corrected chi connectivity index (χ4v) is 2.52. The van der Waals surface area contributed by atoms with Gasteiger partial charge < -0.3 is 4.90 Å². The number of urea groups is 1. The zero-order valence-corrected chi connectivity index (χ0v) is 12.8. The molecule has 108 valence electrons. The molecular weight excluding hydrogens is 250 g/mol. The van der Waals surface area contributed by atoms with Crippen LogP contribution in [0.4, 0.5) is 10.5 Å². The number of hydrogen-bond acceptors (Lipinski definition) is 1. The van der Waals surface area contributed by atoms with Gasteiger partial charge >= 0.3 is 6.03 Å². The Balaban J connectivity index is 2.16. The van der Waals surface area contributed by atoms with Crippen LogP contribution in [0.5, 0.6) is 0 Å². The van der Waals surface area contributed by atoms with Crippen LogP contribution in [-0.2, 0) is 6.42 Å². The number of carbonyl (C=O) groups is 1. The topological polar surface area (TPSA) is 35.9 Å². The largest absolute Gasteiger partial charge is 0.363 e. The van der Waals surface area contributed by atoms with E-state index in [-0.39, 0.29) is 6.03 Å². The molecular formula is C16H23N3O. The molecule has 1 heterocycles. The fraction of sp³-hybridized carbons (Fsp3) is 0.500. The van der Waals surface area contributed by atoms with Gasteiger partial charge in [-0.25, -0.2) is 4.79 Å². The minimum Gasteiger partial charge on any atom is -0.363 e. The standard InChI is InChI=1S/C16H23N3O/c1-5-13-8-9-14(11-12(13)2)19(4)16(20)17-15-7-6-10-18(15)3/h8-9,11H,5-7,10H2,1-4H3/b17-15-. The lowest BCUT2D eigenvalue weighted by Gasteiger charge is -2.18. The van der Waals surface area contributed by atoms with E-state index in [1.165, 1.54) is 11.1 Å². The molecule has 0 unspecified atom stereocenters. The van der Waals surface area contributed by atoms with Crippen molar-refractivity contribution in [1.29, 1.82) is 0 Å². The minimum absolute atomic E-state index is 0.197. The molecule has 0 atom stereocenters. The molecule has 4 heteroatoms. The lowest BCUT2D eigenvalue weighted by molar-refractivity contribution is 0.255. The van der Waals surface area contributed by atoms with Crippen LogP contribution in [-0.4, -0.2) is 37.4 Å². The van der Waals surface area contributed by atoms with Crippen molar-refractivity contribution in [2.75, 3.05) is 25.5 Å². The zero-order chi connectivity index (χ0) is 14.7. The second-order valence-corrected chi connectivity index (χ2v) is 5.36.